The summed E-state index contributed by atoms with van der Waals surface area (Å²) in [6.07, 6.45) is 1.71. The van der Waals surface area contributed by atoms with Crippen molar-refractivity contribution in [2.45, 2.75) is 0 Å². The van der Waals surface area contributed by atoms with Gasteiger partial charge in [-0.3, -0.25) is 0 Å². The summed E-state index contributed by atoms with van der Waals surface area (Å²) in [6, 6.07) is 19.8. The Morgan fingerprint density at radius 3 is 1.95 bits per heavy atom. The first kappa shape index (κ1) is 11.4. The van der Waals surface area contributed by atoms with E-state index in [1.165, 1.54) is 0 Å². The summed E-state index contributed by atoms with van der Waals surface area (Å²) >= 11 is 0. The molecular weight excluding hydrogens is 234 g/mol. The van der Waals surface area contributed by atoms with Gasteiger partial charge in [0.15, 0.2) is 0 Å². The van der Waals surface area contributed by atoms with Crippen molar-refractivity contribution < 1.29 is 0 Å². The third-order valence-electron chi connectivity index (χ3n) is 3.02. The first-order chi connectivity index (χ1) is 9.36. The van der Waals surface area contributed by atoms with E-state index in [9.17, 15) is 0 Å². The molecule has 0 saturated carbocycles. The highest BCUT2D eigenvalue weighted by Crippen LogP contribution is 2.31. The highest BCUT2D eigenvalue weighted by molar-refractivity contribution is 5.85. The molecule has 0 aliphatic carbocycles. The summed E-state index contributed by atoms with van der Waals surface area (Å²) in [5, 5.41) is 8.23. The number of hydrogen-bond donors (Lipinski definition) is 1. The van der Waals surface area contributed by atoms with Crippen LogP contribution in [0.5, 0.6) is 0 Å². The summed E-state index contributed by atoms with van der Waals surface area (Å²) in [6.45, 7) is 0. The van der Waals surface area contributed by atoms with Crippen molar-refractivity contribution in [3.8, 4) is 22.4 Å². The number of rotatable bonds is 2. The van der Waals surface area contributed by atoms with E-state index < -0.39 is 0 Å². The van der Waals surface area contributed by atoms with Crippen LogP contribution in [-0.2, 0) is 0 Å². The van der Waals surface area contributed by atoms with E-state index in [0.717, 1.165) is 22.4 Å². The first-order valence-electron chi connectivity index (χ1n) is 6.08. The fourth-order valence-electron chi connectivity index (χ4n) is 2.05. The Labute approximate surface area is 111 Å². The van der Waals surface area contributed by atoms with E-state index in [4.69, 9.17) is 5.73 Å². The number of benzene rings is 2. The Kier molecular flexibility index (Phi) is 2.94. The molecule has 1 aromatic heterocycles. The van der Waals surface area contributed by atoms with E-state index in [1.807, 2.05) is 60.7 Å². The van der Waals surface area contributed by atoms with Crippen LogP contribution >= 0.6 is 0 Å². The van der Waals surface area contributed by atoms with Crippen LogP contribution in [0.4, 0.5) is 5.69 Å². The molecule has 2 aromatic carbocycles. The molecule has 0 amide bonds. The minimum atomic E-state index is 0.660. The molecular formula is C16H13N3. The van der Waals surface area contributed by atoms with Crippen LogP contribution in [0.15, 0.2) is 66.9 Å². The van der Waals surface area contributed by atoms with Gasteiger partial charge < -0.3 is 5.73 Å². The van der Waals surface area contributed by atoms with Gasteiger partial charge in [-0.15, -0.1) is 5.10 Å². The van der Waals surface area contributed by atoms with Crippen LogP contribution in [0.1, 0.15) is 0 Å². The first-order valence-corrected chi connectivity index (χ1v) is 6.08. The number of nitrogens with zero attached hydrogens (tertiary/aromatic N) is 2. The third-order valence-corrected chi connectivity index (χ3v) is 3.02. The van der Waals surface area contributed by atoms with E-state index >= 15 is 0 Å². The molecule has 0 radical (unpaired) electrons. The lowest BCUT2D eigenvalue weighted by atomic mass is 10.0. The van der Waals surface area contributed by atoms with Crippen molar-refractivity contribution in [3.05, 3.63) is 66.9 Å². The maximum absolute atomic E-state index is 6.24. The van der Waals surface area contributed by atoms with Crippen molar-refractivity contribution >= 4 is 5.69 Å². The molecule has 0 aliphatic rings. The third kappa shape index (κ3) is 2.18. The van der Waals surface area contributed by atoms with Gasteiger partial charge in [-0.2, -0.15) is 5.10 Å². The predicted molar refractivity (Wildman–Crippen MR) is 77.3 cm³/mol. The SMILES string of the molecule is Nc1c(-c2ccccc2)cnnc1-c1ccccc1. The zero-order valence-corrected chi connectivity index (χ0v) is 10.3. The summed E-state index contributed by atoms with van der Waals surface area (Å²) in [7, 11) is 0. The van der Waals surface area contributed by atoms with E-state index in [2.05, 4.69) is 10.2 Å². The molecule has 2 N–H and O–H groups in total. The normalized spacial score (nSPS) is 10.3. The van der Waals surface area contributed by atoms with E-state index in [-0.39, 0.29) is 0 Å². The number of anilines is 1. The molecule has 3 nitrogen and oxygen atoms in total. The van der Waals surface area contributed by atoms with Gasteiger partial charge in [0.1, 0.15) is 5.69 Å². The molecule has 0 saturated heterocycles. The second kappa shape index (κ2) is 4.90. The average molecular weight is 247 g/mol. The van der Waals surface area contributed by atoms with Gasteiger partial charge >= 0.3 is 0 Å². The average Bonchev–Trinajstić information content (AvgIpc) is 2.49. The van der Waals surface area contributed by atoms with Gasteiger partial charge in [-0.05, 0) is 5.56 Å². The topological polar surface area (TPSA) is 51.8 Å². The number of aromatic nitrogens is 2. The zero-order chi connectivity index (χ0) is 13.1. The van der Waals surface area contributed by atoms with Gasteiger partial charge in [0, 0.05) is 11.1 Å². The molecule has 0 unspecified atom stereocenters. The molecule has 1 heterocycles. The summed E-state index contributed by atoms with van der Waals surface area (Å²) in [5.41, 5.74) is 10.6. The molecule has 92 valence electrons. The van der Waals surface area contributed by atoms with Gasteiger partial charge in [-0.25, -0.2) is 0 Å². The molecule has 3 aromatic rings. The smallest absolute Gasteiger partial charge is 0.116 e. The van der Waals surface area contributed by atoms with Crippen molar-refractivity contribution in [2.24, 2.45) is 0 Å². The Bertz CT molecular complexity index is 621. The standard InChI is InChI=1S/C16H13N3/c17-15-14(12-7-3-1-4-8-12)11-18-19-16(15)13-9-5-2-6-10-13/h1-11H,(H2,17,18). The second-order valence-corrected chi connectivity index (χ2v) is 4.25. The highest BCUT2D eigenvalue weighted by atomic mass is 15.1. The minimum Gasteiger partial charge on any atom is -0.396 e. The molecule has 19 heavy (non-hydrogen) atoms. The van der Waals surface area contributed by atoms with Crippen molar-refractivity contribution in [3.63, 3.8) is 0 Å². The Hall–Kier alpha value is -2.68. The molecule has 0 spiro atoms. The minimum absolute atomic E-state index is 0.660. The fraction of sp³-hybridized carbons (Fsp3) is 0. The Morgan fingerprint density at radius 1 is 0.737 bits per heavy atom. The van der Waals surface area contributed by atoms with Crippen molar-refractivity contribution in [2.75, 3.05) is 5.73 Å². The quantitative estimate of drug-likeness (QED) is 0.755. The maximum Gasteiger partial charge on any atom is 0.116 e. The number of nitrogens with two attached hydrogens (primary N) is 1. The fourth-order valence-corrected chi connectivity index (χ4v) is 2.05. The van der Waals surface area contributed by atoms with Crippen molar-refractivity contribution in [1.82, 2.24) is 10.2 Å². The maximum atomic E-state index is 6.24. The van der Waals surface area contributed by atoms with Crippen LogP contribution in [0.3, 0.4) is 0 Å². The van der Waals surface area contributed by atoms with Gasteiger partial charge in [0.05, 0.1) is 11.9 Å². The molecule has 0 aliphatic heterocycles. The zero-order valence-electron chi connectivity index (χ0n) is 10.3. The number of nitrogen functional groups attached to an aromatic ring is 1. The Balaban J connectivity index is 2.15. The molecule has 3 heteroatoms. The molecule has 3 rings (SSSR count). The Morgan fingerprint density at radius 2 is 1.32 bits per heavy atom. The van der Waals surface area contributed by atoms with Gasteiger partial charge in [0.2, 0.25) is 0 Å². The molecule has 0 bridgehead atoms. The summed E-state index contributed by atoms with van der Waals surface area (Å²) in [4.78, 5) is 0. The van der Waals surface area contributed by atoms with E-state index in [0.29, 0.717) is 5.69 Å². The van der Waals surface area contributed by atoms with Crippen LogP contribution < -0.4 is 5.73 Å². The lowest BCUT2D eigenvalue weighted by Gasteiger charge is -2.09. The van der Waals surface area contributed by atoms with Crippen LogP contribution in [0.2, 0.25) is 0 Å². The monoisotopic (exact) mass is 247 g/mol. The highest BCUT2D eigenvalue weighted by Gasteiger charge is 2.10. The summed E-state index contributed by atoms with van der Waals surface area (Å²) < 4.78 is 0. The van der Waals surface area contributed by atoms with E-state index in [1.54, 1.807) is 6.20 Å². The van der Waals surface area contributed by atoms with Crippen molar-refractivity contribution in [1.29, 1.82) is 0 Å². The van der Waals surface area contributed by atoms with Crippen LogP contribution in [-0.4, -0.2) is 10.2 Å². The van der Waals surface area contributed by atoms with Gasteiger partial charge in [0.25, 0.3) is 0 Å². The molecule has 0 atom stereocenters. The molecule has 0 fully saturated rings. The predicted octanol–water partition coefficient (Wildman–Crippen LogP) is 3.39. The lowest BCUT2D eigenvalue weighted by molar-refractivity contribution is 1.04. The van der Waals surface area contributed by atoms with Crippen LogP contribution in [0.25, 0.3) is 22.4 Å². The second-order valence-electron chi connectivity index (χ2n) is 4.25. The summed E-state index contributed by atoms with van der Waals surface area (Å²) in [5.74, 6) is 0. The van der Waals surface area contributed by atoms with Gasteiger partial charge in [-0.1, -0.05) is 60.7 Å². The largest absolute Gasteiger partial charge is 0.396 e. The lowest BCUT2D eigenvalue weighted by Crippen LogP contribution is -1.98. The van der Waals surface area contributed by atoms with Crippen LogP contribution in [0, 0.1) is 0 Å². The number of hydrogen-bond acceptors (Lipinski definition) is 3.